The van der Waals surface area contributed by atoms with Gasteiger partial charge >= 0.3 is 0 Å². The van der Waals surface area contributed by atoms with Crippen molar-refractivity contribution in [3.63, 3.8) is 0 Å². The van der Waals surface area contributed by atoms with Crippen molar-refractivity contribution in [2.45, 2.75) is 27.2 Å². The van der Waals surface area contributed by atoms with Crippen LogP contribution in [0.4, 0.5) is 0 Å². The van der Waals surface area contributed by atoms with Gasteiger partial charge in [0.1, 0.15) is 0 Å². The Morgan fingerprint density at radius 1 is 1.29 bits per heavy atom. The summed E-state index contributed by atoms with van der Waals surface area (Å²) in [5.41, 5.74) is 1.51. The second-order valence-electron chi connectivity index (χ2n) is 4.78. The lowest BCUT2D eigenvalue weighted by atomic mass is 9.91. The fourth-order valence-corrected chi connectivity index (χ4v) is 1.55. The Hall–Kier alpha value is -1.38. The predicted molar refractivity (Wildman–Crippen MR) is 56.1 cm³/mol. The molecule has 0 N–H and O–H groups in total. The second-order valence-corrected chi connectivity index (χ2v) is 4.78. The van der Waals surface area contributed by atoms with Crippen LogP contribution in [0.1, 0.15) is 26.5 Å². The highest BCUT2D eigenvalue weighted by Crippen LogP contribution is 2.20. The molecule has 74 valence electrons. The lowest BCUT2D eigenvalue weighted by Gasteiger charge is -2.17. The third-order valence-corrected chi connectivity index (χ3v) is 2.08. The van der Waals surface area contributed by atoms with Crippen LogP contribution < -0.4 is 0 Å². The first-order valence-electron chi connectivity index (χ1n) is 4.83. The van der Waals surface area contributed by atoms with Crippen LogP contribution in [0.2, 0.25) is 0 Å². The maximum atomic E-state index is 4.25. The zero-order valence-corrected chi connectivity index (χ0v) is 8.86. The molecule has 3 nitrogen and oxygen atoms in total. The van der Waals surface area contributed by atoms with Crippen LogP contribution in [0, 0.1) is 5.41 Å². The molecule has 0 aromatic carbocycles. The molecule has 14 heavy (non-hydrogen) atoms. The van der Waals surface area contributed by atoms with Gasteiger partial charge in [-0.2, -0.15) is 0 Å². The SMILES string of the molecule is CC(C)(C)Cc1cnc2ncccn12. The summed E-state index contributed by atoms with van der Waals surface area (Å²) in [5, 5.41) is 0. The molecule has 0 aliphatic rings. The number of aromatic nitrogens is 3. The quantitative estimate of drug-likeness (QED) is 0.689. The molecule has 0 radical (unpaired) electrons. The molecule has 2 aromatic heterocycles. The Labute approximate surface area is 83.8 Å². The third-order valence-electron chi connectivity index (χ3n) is 2.08. The van der Waals surface area contributed by atoms with Crippen molar-refractivity contribution in [3.8, 4) is 0 Å². The molecule has 0 atom stereocenters. The summed E-state index contributed by atoms with van der Waals surface area (Å²) >= 11 is 0. The van der Waals surface area contributed by atoms with Gasteiger partial charge in [-0.05, 0) is 17.9 Å². The number of imidazole rings is 1. The summed E-state index contributed by atoms with van der Waals surface area (Å²) in [7, 11) is 0. The number of rotatable bonds is 1. The van der Waals surface area contributed by atoms with Gasteiger partial charge in [0, 0.05) is 18.1 Å². The molecule has 0 amide bonds. The average molecular weight is 189 g/mol. The molecule has 0 unspecified atom stereocenters. The standard InChI is InChI=1S/C11H15N3/c1-11(2,3)7-9-8-13-10-12-5-4-6-14(9)10/h4-6,8H,7H2,1-3H3. The molecule has 0 fully saturated rings. The minimum Gasteiger partial charge on any atom is -0.288 e. The van der Waals surface area contributed by atoms with Gasteiger partial charge < -0.3 is 0 Å². The summed E-state index contributed by atoms with van der Waals surface area (Å²) in [6, 6.07) is 1.93. The highest BCUT2D eigenvalue weighted by molar-refractivity contribution is 5.30. The molecule has 3 heteroatoms. The van der Waals surface area contributed by atoms with Crippen LogP contribution >= 0.6 is 0 Å². The van der Waals surface area contributed by atoms with Crippen molar-refractivity contribution >= 4 is 5.78 Å². The van der Waals surface area contributed by atoms with E-state index in [0.29, 0.717) is 0 Å². The fraction of sp³-hybridized carbons (Fsp3) is 0.455. The highest BCUT2D eigenvalue weighted by Gasteiger charge is 2.14. The van der Waals surface area contributed by atoms with E-state index in [1.807, 2.05) is 22.9 Å². The van der Waals surface area contributed by atoms with Crippen LogP contribution in [-0.2, 0) is 6.42 Å². The Bertz CT molecular complexity index is 437. The highest BCUT2D eigenvalue weighted by atomic mass is 15.1. The maximum absolute atomic E-state index is 4.25. The largest absolute Gasteiger partial charge is 0.288 e. The Balaban J connectivity index is 2.44. The molecule has 0 saturated carbocycles. The van der Waals surface area contributed by atoms with E-state index in [9.17, 15) is 0 Å². The minimum atomic E-state index is 0.284. The zero-order valence-electron chi connectivity index (χ0n) is 8.86. The summed E-state index contributed by atoms with van der Waals surface area (Å²) in [6.45, 7) is 6.67. The molecule has 2 heterocycles. The summed E-state index contributed by atoms with van der Waals surface area (Å²) in [4.78, 5) is 8.44. The lowest BCUT2D eigenvalue weighted by molar-refractivity contribution is 0.405. The van der Waals surface area contributed by atoms with Crippen LogP contribution in [0.25, 0.3) is 5.78 Å². The minimum absolute atomic E-state index is 0.284. The van der Waals surface area contributed by atoms with E-state index in [2.05, 4.69) is 30.7 Å². The van der Waals surface area contributed by atoms with E-state index in [0.717, 1.165) is 12.2 Å². The number of fused-ring (bicyclic) bond motifs is 1. The molecule has 0 aliphatic carbocycles. The van der Waals surface area contributed by atoms with Crippen molar-refractivity contribution in [2.24, 2.45) is 5.41 Å². The molecule has 0 saturated heterocycles. The van der Waals surface area contributed by atoms with E-state index < -0.39 is 0 Å². The topological polar surface area (TPSA) is 30.2 Å². The first-order chi connectivity index (χ1) is 6.56. The van der Waals surface area contributed by atoms with Crippen LogP contribution in [-0.4, -0.2) is 14.4 Å². The number of nitrogens with zero attached hydrogens (tertiary/aromatic N) is 3. The van der Waals surface area contributed by atoms with Crippen molar-refractivity contribution in [2.75, 3.05) is 0 Å². The maximum Gasteiger partial charge on any atom is 0.233 e. The second kappa shape index (κ2) is 3.08. The van der Waals surface area contributed by atoms with E-state index in [4.69, 9.17) is 0 Å². The van der Waals surface area contributed by atoms with Crippen LogP contribution in [0.5, 0.6) is 0 Å². The zero-order chi connectivity index (χ0) is 10.2. The molecular weight excluding hydrogens is 174 g/mol. The van der Waals surface area contributed by atoms with Crippen molar-refractivity contribution in [1.82, 2.24) is 14.4 Å². The van der Waals surface area contributed by atoms with Crippen LogP contribution in [0.15, 0.2) is 24.7 Å². The first-order valence-corrected chi connectivity index (χ1v) is 4.83. The van der Waals surface area contributed by atoms with Crippen molar-refractivity contribution in [3.05, 3.63) is 30.4 Å². The van der Waals surface area contributed by atoms with E-state index in [1.165, 1.54) is 5.69 Å². The Morgan fingerprint density at radius 3 is 2.79 bits per heavy atom. The summed E-state index contributed by atoms with van der Waals surface area (Å²) in [6.07, 6.45) is 6.70. The van der Waals surface area contributed by atoms with Gasteiger partial charge in [0.2, 0.25) is 5.78 Å². The monoisotopic (exact) mass is 189 g/mol. The van der Waals surface area contributed by atoms with Gasteiger partial charge in [0.15, 0.2) is 0 Å². The van der Waals surface area contributed by atoms with Gasteiger partial charge in [0.25, 0.3) is 0 Å². The molecule has 0 aliphatic heterocycles. The fourth-order valence-electron chi connectivity index (χ4n) is 1.55. The van der Waals surface area contributed by atoms with Crippen LogP contribution in [0.3, 0.4) is 0 Å². The van der Waals surface area contributed by atoms with Gasteiger partial charge in [0.05, 0.1) is 6.20 Å². The van der Waals surface area contributed by atoms with Gasteiger partial charge in [-0.1, -0.05) is 20.8 Å². The molecular formula is C11H15N3. The summed E-state index contributed by atoms with van der Waals surface area (Å²) in [5.74, 6) is 0.784. The molecule has 2 rings (SSSR count). The third kappa shape index (κ3) is 1.76. The van der Waals surface area contributed by atoms with E-state index in [1.54, 1.807) is 6.20 Å². The number of hydrogen-bond acceptors (Lipinski definition) is 2. The normalized spacial score (nSPS) is 12.2. The van der Waals surface area contributed by atoms with Crippen molar-refractivity contribution < 1.29 is 0 Å². The smallest absolute Gasteiger partial charge is 0.233 e. The average Bonchev–Trinajstić information content (AvgIpc) is 2.47. The lowest BCUT2D eigenvalue weighted by Crippen LogP contribution is -2.10. The first kappa shape index (κ1) is 9.19. The molecule has 0 spiro atoms. The predicted octanol–water partition coefficient (Wildman–Crippen LogP) is 2.32. The molecule has 2 aromatic rings. The Kier molecular flexibility index (Phi) is 2.02. The van der Waals surface area contributed by atoms with Gasteiger partial charge in [-0.3, -0.25) is 4.40 Å². The molecule has 0 bridgehead atoms. The van der Waals surface area contributed by atoms with Crippen molar-refractivity contribution in [1.29, 1.82) is 0 Å². The van der Waals surface area contributed by atoms with E-state index in [-0.39, 0.29) is 5.41 Å². The Morgan fingerprint density at radius 2 is 2.07 bits per heavy atom. The van der Waals surface area contributed by atoms with Gasteiger partial charge in [-0.25, -0.2) is 9.97 Å². The number of hydrogen-bond donors (Lipinski definition) is 0. The summed E-state index contributed by atoms with van der Waals surface area (Å²) < 4.78 is 2.05. The van der Waals surface area contributed by atoms with E-state index >= 15 is 0 Å². The van der Waals surface area contributed by atoms with Gasteiger partial charge in [-0.15, -0.1) is 0 Å².